The van der Waals surface area contributed by atoms with Gasteiger partial charge in [-0.2, -0.15) is 0 Å². The van der Waals surface area contributed by atoms with E-state index in [4.69, 9.17) is 0 Å². The van der Waals surface area contributed by atoms with Crippen molar-refractivity contribution in [2.75, 3.05) is 18.4 Å². The number of piperazine rings is 1. The van der Waals surface area contributed by atoms with Gasteiger partial charge in [0.15, 0.2) is 11.5 Å². The van der Waals surface area contributed by atoms with Gasteiger partial charge in [0, 0.05) is 55.7 Å². The number of aromatic nitrogens is 6. The second kappa shape index (κ2) is 8.62. The Kier molecular flexibility index (Phi) is 5.42. The maximum atomic E-state index is 14.7. The predicted molar refractivity (Wildman–Crippen MR) is 132 cm³/mol. The molecule has 2 N–H and O–H groups in total. The summed E-state index contributed by atoms with van der Waals surface area (Å²) in [4.78, 5) is 24.5. The predicted octanol–water partition coefficient (Wildman–Crippen LogP) is 3.60. The monoisotopic (exact) mass is 473 g/mol. The lowest BCUT2D eigenvalue weighted by molar-refractivity contribution is 0.217. The molecule has 10 heteroatoms. The molecule has 0 radical (unpaired) electrons. The molecule has 2 bridgehead atoms. The van der Waals surface area contributed by atoms with Gasteiger partial charge in [0.1, 0.15) is 17.3 Å². The molecule has 2 aliphatic heterocycles. The molecular formula is C25H28FN9. The van der Waals surface area contributed by atoms with Crippen LogP contribution in [0.5, 0.6) is 0 Å². The molecule has 9 nitrogen and oxygen atoms in total. The van der Waals surface area contributed by atoms with Crippen LogP contribution in [-0.2, 0) is 6.54 Å². The van der Waals surface area contributed by atoms with Crippen molar-refractivity contribution in [3.05, 3.63) is 54.0 Å². The highest BCUT2D eigenvalue weighted by molar-refractivity contribution is 5.78. The van der Waals surface area contributed by atoms with Gasteiger partial charge in [-0.05, 0) is 44.9 Å². The number of pyridine rings is 2. The van der Waals surface area contributed by atoms with Gasteiger partial charge >= 0.3 is 0 Å². The summed E-state index contributed by atoms with van der Waals surface area (Å²) in [6.45, 7) is 9.17. The van der Waals surface area contributed by atoms with Crippen LogP contribution in [0.1, 0.15) is 37.7 Å². The van der Waals surface area contributed by atoms with Crippen LogP contribution in [0.25, 0.3) is 22.4 Å². The standard InChI is InChI=1S/C25H28FN9/c1-14(2)35-15(3)31-24-21(35)6-17(9-29-24)23-20(26)11-30-25(33-23)32-22-5-4-16(8-28-22)12-34-13-18-7-19(34)10-27-18/h4-6,8-9,11,14,18-19,27H,7,10,12-13H2,1-3H3,(H,28,30,32,33)/t18-,19-/m0/s1. The number of imidazole rings is 1. The summed E-state index contributed by atoms with van der Waals surface area (Å²) in [5.74, 6) is 1.24. The number of halogens is 1. The molecule has 180 valence electrons. The van der Waals surface area contributed by atoms with Crippen molar-refractivity contribution < 1.29 is 4.39 Å². The Hall–Kier alpha value is -3.50. The van der Waals surface area contributed by atoms with Crippen molar-refractivity contribution in [3.8, 4) is 11.3 Å². The third kappa shape index (κ3) is 4.12. The van der Waals surface area contributed by atoms with Crippen molar-refractivity contribution in [1.82, 2.24) is 39.7 Å². The van der Waals surface area contributed by atoms with E-state index < -0.39 is 5.82 Å². The van der Waals surface area contributed by atoms with E-state index in [1.54, 1.807) is 6.20 Å². The van der Waals surface area contributed by atoms with Crippen LogP contribution in [0, 0.1) is 12.7 Å². The molecule has 4 aromatic rings. The molecule has 35 heavy (non-hydrogen) atoms. The van der Waals surface area contributed by atoms with Crippen molar-refractivity contribution in [3.63, 3.8) is 0 Å². The lowest BCUT2D eigenvalue weighted by atomic mass is 10.2. The highest BCUT2D eigenvalue weighted by Gasteiger charge is 2.37. The summed E-state index contributed by atoms with van der Waals surface area (Å²) in [6, 6.07) is 7.31. The van der Waals surface area contributed by atoms with Crippen molar-refractivity contribution in [2.24, 2.45) is 0 Å². The Labute approximate surface area is 202 Å². The smallest absolute Gasteiger partial charge is 0.229 e. The van der Waals surface area contributed by atoms with Gasteiger partial charge in [0.25, 0.3) is 0 Å². The minimum absolute atomic E-state index is 0.181. The van der Waals surface area contributed by atoms with Crippen LogP contribution in [-0.4, -0.2) is 59.6 Å². The van der Waals surface area contributed by atoms with E-state index >= 15 is 0 Å². The van der Waals surface area contributed by atoms with E-state index in [1.807, 2.05) is 25.3 Å². The van der Waals surface area contributed by atoms with Crippen LogP contribution in [0.2, 0.25) is 0 Å². The summed E-state index contributed by atoms with van der Waals surface area (Å²) in [7, 11) is 0. The Balaban J connectivity index is 1.22. The molecule has 2 aliphatic rings. The first-order valence-corrected chi connectivity index (χ1v) is 12.0. The number of nitrogens with zero attached hydrogens (tertiary/aromatic N) is 7. The highest BCUT2D eigenvalue weighted by atomic mass is 19.1. The molecule has 0 spiro atoms. The number of hydrogen-bond acceptors (Lipinski definition) is 8. The Morgan fingerprint density at radius 2 is 2.03 bits per heavy atom. The van der Waals surface area contributed by atoms with Gasteiger partial charge in [-0.1, -0.05) is 6.07 Å². The zero-order valence-corrected chi connectivity index (χ0v) is 20.0. The average Bonchev–Trinajstić information content (AvgIpc) is 3.54. The average molecular weight is 474 g/mol. The van der Waals surface area contributed by atoms with E-state index in [2.05, 4.69) is 64.9 Å². The summed E-state index contributed by atoms with van der Waals surface area (Å²) < 4.78 is 16.8. The van der Waals surface area contributed by atoms with Gasteiger partial charge in [-0.25, -0.2) is 29.3 Å². The van der Waals surface area contributed by atoms with Crippen LogP contribution >= 0.6 is 0 Å². The number of fused-ring (bicyclic) bond motifs is 3. The molecule has 2 atom stereocenters. The summed E-state index contributed by atoms with van der Waals surface area (Å²) >= 11 is 0. The fraction of sp³-hybridized carbons (Fsp3) is 0.400. The Morgan fingerprint density at radius 3 is 2.74 bits per heavy atom. The maximum Gasteiger partial charge on any atom is 0.229 e. The molecule has 0 unspecified atom stereocenters. The highest BCUT2D eigenvalue weighted by Crippen LogP contribution is 2.28. The van der Waals surface area contributed by atoms with E-state index in [-0.39, 0.29) is 17.7 Å². The van der Waals surface area contributed by atoms with Crippen molar-refractivity contribution in [1.29, 1.82) is 0 Å². The van der Waals surface area contributed by atoms with Crippen LogP contribution in [0.3, 0.4) is 0 Å². The first kappa shape index (κ1) is 22.0. The van der Waals surface area contributed by atoms with Crippen LogP contribution in [0.4, 0.5) is 16.2 Å². The van der Waals surface area contributed by atoms with E-state index in [1.165, 1.54) is 18.2 Å². The Morgan fingerprint density at radius 1 is 1.14 bits per heavy atom. The molecule has 0 aromatic carbocycles. The lowest BCUT2D eigenvalue weighted by Gasteiger charge is -2.27. The van der Waals surface area contributed by atoms with E-state index in [9.17, 15) is 4.39 Å². The van der Waals surface area contributed by atoms with Gasteiger partial charge in [0.2, 0.25) is 5.95 Å². The third-order valence-corrected chi connectivity index (χ3v) is 6.88. The fourth-order valence-electron chi connectivity index (χ4n) is 5.28. The fourth-order valence-corrected chi connectivity index (χ4v) is 5.28. The number of hydrogen-bond donors (Lipinski definition) is 2. The molecule has 0 aliphatic carbocycles. The molecule has 0 amide bonds. The number of anilines is 2. The molecule has 6 rings (SSSR count). The summed E-state index contributed by atoms with van der Waals surface area (Å²) in [5.41, 5.74) is 3.40. The number of rotatable bonds is 6. The molecule has 4 aromatic heterocycles. The number of likely N-dealkylation sites (tertiary alicyclic amines) is 1. The van der Waals surface area contributed by atoms with Crippen LogP contribution < -0.4 is 10.6 Å². The molecule has 2 saturated heterocycles. The van der Waals surface area contributed by atoms with Gasteiger partial charge in [0.05, 0.1) is 11.7 Å². The lowest BCUT2D eigenvalue weighted by Crippen LogP contribution is -2.42. The van der Waals surface area contributed by atoms with Gasteiger partial charge < -0.3 is 15.2 Å². The zero-order valence-electron chi connectivity index (χ0n) is 20.0. The van der Waals surface area contributed by atoms with Gasteiger partial charge in [-0.15, -0.1) is 0 Å². The maximum absolute atomic E-state index is 14.7. The minimum Gasteiger partial charge on any atom is -0.324 e. The zero-order chi connectivity index (χ0) is 24.1. The van der Waals surface area contributed by atoms with Crippen molar-refractivity contribution in [2.45, 2.75) is 51.9 Å². The summed E-state index contributed by atoms with van der Waals surface area (Å²) in [5, 5.41) is 6.63. The molecule has 6 heterocycles. The van der Waals surface area contributed by atoms with Gasteiger partial charge in [-0.3, -0.25) is 4.90 Å². The van der Waals surface area contributed by atoms with Crippen molar-refractivity contribution >= 4 is 22.9 Å². The second-order valence-electron chi connectivity index (χ2n) is 9.68. The molecular weight excluding hydrogens is 445 g/mol. The largest absolute Gasteiger partial charge is 0.324 e. The normalized spacial score (nSPS) is 19.8. The Bertz CT molecular complexity index is 1380. The van der Waals surface area contributed by atoms with E-state index in [0.29, 0.717) is 29.1 Å². The molecule has 2 fully saturated rings. The molecule has 0 saturated carbocycles. The van der Waals surface area contributed by atoms with E-state index in [0.717, 1.165) is 31.0 Å². The van der Waals surface area contributed by atoms with Crippen LogP contribution in [0.15, 0.2) is 36.8 Å². The first-order chi connectivity index (χ1) is 16.9. The number of aryl methyl sites for hydroxylation is 1. The number of nitrogens with one attached hydrogen (secondary N) is 2. The minimum atomic E-state index is -0.512. The summed E-state index contributed by atoms with van der Waals surface area (Å²) in [6.07, 6.45) is 5.88. The second-order valence-corrected chi connectivity index (χ2v) is 9.68. The topological polar surface area (TPSA) is 96.7 Å². The first-order valence-electron chi connectivity index (χ1n) is 12.0. The SMILES string of the molecule is Cc1nc2ncc(-c3nc(Nc4ccc(CN5C[C@@H]6C[C@H]5CN6)cn4)ncc3F)cc2n1C(C)C. The third-order valence-electron chi connectivity index (χ3n) is 6.88. The quantitative estimate of drug-likeness (QED) is 0.439.